The van der Waals surface area contributed by atoms with Gasteiger partial charge in [0, 0.05) is 38.0 Å². The third-order valence-corrected chi connectivity index (χ3v) is 26.7. The first-order valence-corrected chi connectivity index (χ1v) is 42.4. The lowest BCUT2D eigenvalue weighted by molar-refractivity contribution is -0.145. The molecule has 1 unspecified atom stereocenters. The zero-order chi connectivity index (χ0) is 72.6. The predicted octanol–water partition coefficient (Wildman–Crippen LogP) is 22.2. The van der Waals surface area contributed by atoms with E-state index in [-0.39, 0.29) is 35.2 Å². The molecule has 7 aromatic rings. The van der Waals surface area contributed by atoms with Crippen LogP contribution in [0.15, 0.2) is 175 Å². The molecule has 1 atom stereocenters. The number of thioether (sulfide) groups is 4. The number of unbranched alkanes of at least 4 members (excludes halogenated alkanes) is 1. The lowest BCUT2D eigenvalue weighted by Gasteiger charge is -2.38. The smallest absolute Gasteiger partial charge is 0.306 e. The van der Waals surface area contributed by atoms with Crippen LogP contribution in [0, 0.1) is 0 Å². The molecule has 0 spiro atoms. The minimum absolute atomic E-state index is 0.0367. The lowest BCUT2D eigenvalue weighted by Crippen LogP contribution is -2.31. The second kappa shape index (κ2) is 40.0. The summed E-state index contributed by atoms with van der Waals surface area (Å²) in [7, 11) is 3.96. The largest absolute Gasteiger partial charge is 0.491 e. The average Bonchev–Trinajstić information content (AvgIpc) is 0.894. The summed E-state index contributed by atoms with van der Waals surface area (Å²) in [6.45, 7) is 31.2. The molecule has 0 amide bonds. The van der Waals surface area contributed by atoms with Crippen molar-refractivity contribution in [3.05, 3.63) is 230 Å². The van der Waals surface area contributed by atoms with Crippen LogP contribution in [0.1, 0.15) is 176 Å². The van der Waals surface area contributed by atoms with E-state index in [0.717, 1.165) is 75.0 Å². The maximum atomic E-state index is 12.7. The minimum atomic E-state index is -0.567. The molecule has 17 heteroatoms. The van der Waals surface area contributed by atoms with Crippen molar-refractivity contribution in [3.8, 4) is 23.0 Å². The van der Waals surface area contributed by atoms with Crippen molar-refractivity contribution in [1.29, 1.82) is 0 Å². The van der Waals surface area contributed by atoms with E-state index in [1.807, 2.05) is 58.0 Å². The van der Waals surface area contributed by atoms with Gasteiger partial charge in [-0.2, -0.15) is 0 Å². The van der Waals surface area contributed by atoms with Crippen molar-refractivity contribution in [3.63, 3.8) is 0 Å². The van der Waals surface area contributed by atoms with Crippen LogP contribution in [-0.2, 0) is 62.5 Å². The number of hydrogen-bond acceptors (Lipinski definition) is 17. The van der Waals surface area contributed by atoms with Crippen LogP contribution in [0.5, 0.6) is 23.0 Å². The van der Waals surface area contributed by atoms with E-state index < -0.39 is 5.41 Å². The molecule has 0 aromatic heterocycles. The van der Waals surface area contributed by atoms with E-state index in [1.54, 1.807) is 47.0 Å². The molecular weight excluding hydrogens is 1400 g/mol. The van der Waals surface area contributed by atoms with Gasteiger partial charge >= 0.3 is 5.97 Å². The minimum Gasteiger partial charge on any atom is -0.491 e. The summed E-state index contributed by atoms with van der Waals surface area (Å²) >= 11 is 7.07. The van der Waals surface area contributed by atoms with E-state index >= 15 is 0 Å². The van der Waals surface area contributed by atoms with Crippen LogP contribution in [0.3, 0.4) is 0 Å². The standard InChI is InChI=1S/C86H106O11S6/c1-12-62-23-25-66(26-24-62)86(67-31-27-64(28-32-67)84(6,7)8,68-33-29-65(30-34-68)85(9,10)11)69-35-37-70(38-36-69)93-48-44-88-40-42-91-56-72-58-98-82(101-72)83-99-59-73(102-83)57-92-43-41-89-45-49-94-78-20-15-19-75-74(78)18-16-21-79(75)95-50-46-90-47-51-96-81-76(60(2)3)53-63(54-77(81)61(4)5)55-97-80(87)22-14-13-17-71-39-52-100-103-71/h15-16,18-21,23-38,53-54,58-61,71H,12-14,17,22,39-52,55-57H2,1-11H3/b83-82-. The van der Waals surface area contributed by atoms with E-state index in [2.05, 4.69) is 196 Å². The highest BCUT2D eigenvalue weighted by molar-refractivity contribution is 8.77. The second-order valence-corrected chi connectivity index (χ2v) is 36.1. The topological polar surface area (TPSA) is 109 Å². The van der Waals surface area contributed by atoms with Gasteiger partial charge in [-0.1, -0.05) is 260 Å². The molecule has 1 saturated heterocycles. The zero-order valence-electron chi connectivity index (χ0n) is 62.2. The fourth-order valence-corrected chi connectivity index (χ4v) is 20.5. The molecule has 1 fully saturated rings. The van der Waals surface area contributed by atoms with Crippen LogP contribution >= 0.6 is 68.6 Å². The van der Waals surface area contributed by atoms with Gasteiger partial charge in [0.15, 0.2) is 0 Å². The molecular formula is C86H106O11S6. The molecule has 3 heterocycles. The first kappa shape index (κ1) is 80.1. The van der Waals surface area contributed by atoms with Crippen LogP contribution in [0.2, 0.25) is 0 Å². The van der Waals surface area contributed by atoms with Crippen molar-refractivity contribution in [2.24, 2.45) is 0 Å². The summed E-state index contributed by atoms with van der Waals surface area (Å²) in [6.07, 6.45) is 5.87. The molecule has 3 aliphatic heterocycles. The predicted molar refractivity (Wildman–Crippen MR) is 436 cm³/mol. The molecule has 10 rings (SSSR count). The van der Waals surface area contributed by atoms with Gasteiger partial charge in [-0.3, -0.25) is 4.79 Å². The summed E-state index contributed by atoms with van der Waals surface area (Å²) in [5.41, 5.74) is 11.5. The van der Waals surface area contributed by atoms with Crippen molar-refractivity contribution >= 4 is 85.4 Å². The van der Waals surface area contributed by atoms with Crippen LogP contribution in [0.25, 0.3) is 10.8 Å². The van der Waals surface area contributed by atoms with E-state index in [9.17, 15) is 4.79 Å². The number of benzene rings is 7. The molecule has 11 nitrogen and oxygen atoms in total. The maximum Gasteiger partial charge on any atom is 0.306 e. The number of carbonyl (C=O) groups is 1. The highest BCUT2D eigenvalue weighted by Gasteiger charge is 2.39. The van der Waals surface area contributed by atoms with Crippen LogP contribution in [0.4, 0.5) is 0 Å². The number of hydrogen-bond donors (Lipinski definition) is 0. The summed E-state index contributed by atoms with van der Waals surface area (Å²) in [5.74, 6) is 4.82. The fraction of sp³-hybridized carbons (Fsp3) is 0.453. The van der Waals surface area contributed by atoms with Crippen molar-refractivity contribution < 1.29 is 52.2 Å². The monoisotopic (exact) mass is 1510 g/mol. The number of fused-ring (bicyclic) bond motifs is 1. The Bertz CT molecular complexity index is 3820. The molecule has 552 valence electrons. The highest BCUT2D eigenvalue weighted by atomic mass is 33.1. The van der Waals surface area contributed by atoms with Gasteiger partial charge in [0.2, 0.25) is 0 Å². The molecule has 3 aliphatic rings. The van der Waals surface area contributed by atoms with Gasteiger partial charge in [0.25, 0.3) is 0 Å². The Labute approximate surface area is 639 Å². The molecule has 7 aromatic carbocycles. The molecule has 103 heavy (non-hydrogen) atoms. The van der Waals surface area contributed by atoms with E-state index in [4.69, 9.17) is 47.4 Å². The third-order valence-electron chi connectivity index (χ3n) is 18.4. The Morgan fingerprint density at radius 1 is 0.476 bits per heavy atom. The molecule has 0 N–H and O–H groups in total. The van der Waals surface area contributed by atoms with Crippen molar-refractivity contribution in [1.82, 2.24) is 0 Å². The average molecular weight is 1510 g/mol. The van der Waals surface area contributed by atoms with Gasteiger partial charge in [0.1, 0.15) is 56.0 Å². The van der Waals surface area contributed by atoms with Gasteiger partial charge in [-0.25, -0.2) is 0 Å². The highest BCUT2D eigenvalue weighted by Crippen LogP contribution is 2.55. The van der Waals surface area contributed by atoms with E-state index in [1.165, 1.54) is 75.8 Å². The number of esters is 1. The maximum absolute atomic E-state index is 12.7. The Morgan fingerprint density at radius 2 is 0.913 bits per heavy atom. The lowest BCUT2D eigenvalue weighted by atomic mass is 9.64. The quantitative estimate of drug-likeness (QED) is 0.0157. The Balaban J connectivity index is 0.576. The number of carbonyl (C=O) groups excluding carboxylic acids is 1. The zero-order valence-corrected chi connectivity index (χ0v) is 67.1. The molecule has 0 saturated carbocycles. The third kappa shape index (κ3) is 23.1. The molecule has 0 aliphatic carbocycles. The Morgan fingerprint density at radius 3 is 1.37 bits per heavy atom. The normalized spacial score (nSPS) is 15.7. The Hall–Kier alpha value is -5.41. The second-order valence-electron chi connectivity index (χ2n) is 28.8. The summed E-state index contributed by atoms with van der Waals surface area (Å²) < 4.78 is 63.5. The van der Waals surface area contributed by atoms with E-state index in [0.29, 0.717) is 98.9 Å². The summed E-state index contributed by atoms with van der Waals surface area (Å²) in [4.78, 5) is 15.0. The fourth-order valence-electron chi connectivity index (χ4n) is 12.6. The Kier molecular flexibility index (Phi) is 31.1. The first-order valence-electron chi connectivity index (χ1n) is 36.6. The van der Waals surface area contributed by atoms with Gasteiger partial charge in [-0.15, -0.1) is 0 Å². The SMILES string of the molecule is CCc1ccc(C(c2ccc(OCCOCCOCC3=CS/C(=C4\SC=C(COCCOCCOc5cccc6c(OCCOCCOc7c(C(C)C)cc(COC(=O)CCCCC8CCSS8)cc7C(C)C)cccc56)S4)S3)cc2)(c2ccc(C(C)(C)C)cc2)c2ccc(C(C)(C)C)cc2)cc1. The van der Waals surface area contributed by atoms with Crippen LogP contribution in [-0.4, -0.2) is 109 Å². The molecule has 0 bridgehead atoms. The van der Waals surface area contributed by atoms with Crippen molar-refractivity contribution in [2.75, 3.05) is 98.2 Å². The van der Waals surface area contributed by atoms with Crippen molar-refractivity contribution in [2.45, 2.75) is 155 Å². The van der Waals surface area contributed by atoms with Gasteiger partial charge in [-0.05, 0) is 151 Å². The number of ether oxygens (including phenoxy) is 10. The number of rotatable bonds is 40. The van der Waals surface area contributed by atoms with Gasteiger partial charge < -0.3 is 47.4 Å². The van der Waals surface area contributed by atoms with Crippen LogP contribution < -0.4 is 18.9 Å². The molecule has 0 radical (unpaired) electrons. The summed E-state index contributed by atoms with van der Waals surface area (Å²) in [6, 6.07) is 52.7. The van der Waals surface area contributed by atoms with Gasteiger partial charge in [0.05, 0.1) is 80.0 Å². The number of aryl methyl sites for hydroxylation is 1. The summed E-state index contributed by atoms with van der Waals surface area (Å²) in [5, 5.41) is 7.06. The first-order chi connectivity index (χ1) is 49.9.